The zero-order valence-corrected chi connectivity index (χ0v) is 11.0. The number of benzene rings is 1. The lowest BCUT2D eigenvalue weighted by Crippen LogP contribution is -2.41. The van der Waals surface area contributed by atoms with Gasteiger partial charge in [-0.3, -0.25) is 9.78 Å². The molecular formula is C14H15N3O3. The van der Waals surface area contributed by atoms with Gasteiger partial charge in [0.15, 0.2) is 0 Å². The van der Waals surface area contributed by atoms with E-state index in [4.69, 9.17) is 5.11 Å². The molecule has 20 heavy (non-hydrogen) atoms. The second kappa shape index (κ2) is 6.10. The number of hydrogen-bond acceptors (Lipinski definition) is 4. The molecule has 0 spiro atoms. The van der Waals surface area contributed by atoms with Crippen LogP contribution in [0, 0.1) is 0 Å². The number of nitrogens with one attached hydrogen (secondary N) is 1. The Hall–Kier alpha value is -2.50. The number of aromatic nitrogens is 2. The first kappa shape index (κ1) is 13.9. The molecule has 0 radical (unpaired) electrons. The van der Waals surface area contributed by atoms with E-state index in [9.17, 15) is 9.59 Å². The summed E-state index contributed by atoms with van der Waals surface area (Å²) in [5, 5.41) is 11.5. The van der Waals surface area contributed by atoms with Crippen LogP contribution in [0.2, 0.25) is 0 Å². The highest BCUT2D eigenvalue weighted by molar-refractivity contribution is 5.96. The van der Waals surface area contributed by atoms with Gasteiger partial charge in [-0.15, -0.1) is 0 Å². The number of carboxylic acid groups (broad SMARTS) is 1. The number of aliphatic carboxylic acids is 1. The monoisotopic (exact) mass is 273 g/mol. The Bertz CT molecular complexity index is 642. The van der Waals surface area contributed by atoms with Crippen LogP contribution in [0.15, 0.2) is 30.5 Å². The molecule has 2 N–H and O–H groups in total. The number of fused-ring (bicyclic) bond motifs is 1. The van der Waals surface area contributed by atoms with Gasteiger partial charge in [-0.2, -0.15) is 0 Å². The first-order valence-electron chi connectivity index (χ1n) is 6.37. The molecule has 2 rings (SSSR count). The van der Waals surface area contributed by atoms with E-state index in [0.29, 0.717) is 23.9 Å². The summed E-state index contributed by atoms with van der Waals surface area (Å²) >= 11 is 0. The number of carboxylic acids is 1. The molecule has 1 aromatic heterocycles. The molecule has 1 heterocycles. The summed E-state index contributed by atoms with van der Waals surface area (Å²) < 4.78 is 0. The van der Waals surface area contributed by atoms with Gasteiger partial charge in [0, 0.05) is 0 Å². The summed E-state index contributed by atoms with van der Waals surface area (Å²) in [6.07, 6.45) is 2.39. The Labute approximate surface area is 115 Å². The lowest BCUT2D eigenvalue weighted by Gasteiger charge is -2.13. The number of nitrogens with zero attached hydrogens (tertiary/aromatic N) is 2. The highest BCUT2D eigenvalue weighted by atomic mass is 16.4. The molecule has 6 nitrogen and oxygen atoms in total. The topological polar surface area (TPSA) is 92.2 Å². The first-order valence-corrected chi connectivity index (χ1v) is 6.37. The molecule has 1 amide bonds. The smallest absolute Gasteiger partial charge is 0.326 e. The Morgan fingerprint density at radius 1 is 1.30 bits per heavy atom. The second-order valence-corrected chi connectivity index (χ2v) is 4.40. The number of carbonyl (C=O) groups excluding carboxylic acids is 1. The van der Waals surface area contributed by atoms with Crippen LogP contribution in [0.25, 0.3) is 11.0 Å². The fourth-order valence-electron chi connectivity index (χ4n) is 1.84. The lowest BCUT2D eigenvalue weighted by molar-refractivity contribution is -0.139. The molecular weight excluding hydrogens is 258 g/mol. The van der Waals surface area contributed by atoms with Crippen LogP contribution in [-0.4, -0.2) is 33.0 Å². The second-order valence-electron chi connectivity index (χ2n) is 4.40. The molecule has 0 saturated heterocycles. The van der Waals surface area contributed by atoms with Crippen molar-refractivity contribution < 1.29 is 14.7 Å². The highest BCUT2D eigenvalue weighted by Crippen LogP contribution is 2.08. The molecule has 0 bridgehead atoms. The third-order valence-corrected chi connectivity index (χ3v) is 2.86. The van der Waals surface area contributed by atoms with Crippen LogP contribution in [-0.2, 0) is 4.79 Å². The number of carbonyl (C=O) groups is 2. The number of hydrogen-bond donors (Lipinski definition) is 2. The number of amides is 1. The van der Waals surface area contributed by atoms with Crippen LogP contribution in [0.1, 0.15) is 30.3 Å². The van der Waals surface area contributed by atoms with E-state index in [0.717, 1.165) is 0 Å². The van der Waals surface area contributed by atoms with Crippen molar-refractivity contribution >= 4 is 22.9 Å². The summed E-state index contributed by atoms with van der Waals surface area (Å²) in [6.45, 7) is 1.86. The molecule has 0 aliphatic heterocycles. The quantitative estimate of drug-likeness (QED) is 0.863. The van der Waals surface area contributed by atoms with Crippen LogP contribution < -0.4 is 5.32 Å². The third kappa shape index (κ3) is 3.09. The molecule has 2 aromatic rings. The SMILES string of the molecule is CCCC(NC(=O)c1cnc2ccccc2n1)C(=O)O. The van der Waals surface area contributed by atoms with Crippen molar-refractivity contribution in [1.29, 1.82) is 0 Å². The third-order valence-electron chi connectivity index (χ3n) is 2.86. The van der Waals surface area contributed by atoms with Gasteiger partial charge in [0.25, 0.3) is 5.91 Å². The fourth-order valence-corrected chi connectivity index (χ4v) is 1.84. The summed E-state index contributed by atoms with van der Waals surface area (Å²) in [5.41, 5.74) is 1.40. The zero-order valence-electron chi connectivity index (χ0n) is 11.0. The summed E-state index contributed by atoms with van der Waals surface area (Å²) in [7, 11) is 0. The van der Waals surface area contributed by atoms with E-state index in [1.165, 1.54) is 6.20 Å². The zero-order chi connectivity index (χ0) is 14.5. The van der Waals surface area contributed by atoms with Gasteiger partial charge < -0.3 is 10.4 Å². The van der Waals surface area contributed by atoms with E-state index < -0.39 is 17.9 Å². The molecule has 0 aliphatic rings. The molecule has 1 unspecified atom stereocenters. The van der Waals surface area contributed by atoms with Crippen molar-refractivity contribution in [3.05, 3.63) is 36.2 Å². The lowest BCUT2D eigenvalue weighted by atomic mass is 10.1. The van der Waals surface area contributed by atoms with Crippen molar-refractivity contribution in [1.82, 2.24) is 15.3 Å². The average molecular weight is 273 g/mol. The standard InChI is InChI=1S/C14H15N3O3/c1-2-5-11(14(19)20)17-13(18)12-8-15-9-6-3-4-7-10(9)16-12/h3-4,6-8,11H,2,5H2,1H3,(H,17,18)(H,19,20). The maximum Gasteiger partial charge on any atom is 0.326 e. The van der Waals surface area contributed by atoms with E-state index in [-0.39, 0.29) is 5.69 Å². The van der Waals surface area contributed by atoms with Crippen LogP contribution in [0.3, 0.4) is 0 Å². The van der Waals surface area contributed by atoms with Crippen LogP contribution >= 0.6 is 0 Å². The Morgan fingerprint density at radius 3 is 2.65 bits per heavy atom. The Kier molecular flexibility index (Phi) is 4.24. The van der Waals surface area contributed by atoms with E-state index in [2.05, 4.69) is 15.3 Å². The van der Waals surface area contributed by atoms with E-state index in [1.54, 1.807) is 18.2 Å². The highest BCUT2D eigenvalue weighted by Gasteiger charge is 2.20. The molecule has 6 heteroatoms. The van der Waals surface area contributed by atoms with Crippen LogP contribution in [0.4, 0.5) is 0 Å². The van der Waals surface area contributed by atoms with Gasteiger partial charge in [-0.25, -0.2) is 9.78 Å². The van der Waals surface area contributed by atoms with Gasteiger partial charge in [0.2, 0.25) is 0 Å². The van der Waals surface area contributed by atoms with Gasteiger partial charge in [0.1, 0.15) is 11.7 Å². The first-order chi connectivity index (χ1) is 9.61. The molecule has 104 valence electrons. The van der Waals surface area contributed by atoms with Gasteiger partial charge in [0.05, 0.1) is 17.2 Å². The molecule has 0 aliphatic carbocycles. The largest absolute Gasteiger partial charge is 0.480 e. The van der Waals surface area contributed by atoms with Crippen molar-refractivity contribution in [2.24, 2.45) is 0 Å². The summed E-state index contributed by atoms with van der Waals surface area (Å²) in [6, 6.07) is 6.27. The fraction of sp³-hybridized carbons (Fsp3) is 0.286. The minimum absolute atomic E-state index is 0.117. The molecule has 1 aromatic carbocycles. The predicted octanol–water partition coefficient (Wildman–Crippen LogP) is 1.61. The van der Waals surface area contributed by atoms with Crippen molar-refractivity contribution in [3.8, 4) is 0 Å². The van der Waals surface area contributed by atoms with Gasteiger partial charge >= 0.3 is 5.97 Å². The van der Waals surface area contributed by atoms with Gasteiger partial charge in [-0.1, -0.05) is 25.5 Å². The minimum atomic E-state index is -1.05. The number of rotatable bonds is 5. The Morgan fingerprint density at radius 2 is 2.00 bits per heavy atom. The molecule has 1 atom stereocenters. The van der Waals surface area contributed by atoms with Crippen LogP contribution in [0.5, 0.6) is 0 Å². The normalized spacial score (nSPS) is 12.1. The van der Waals surface area contributed by atoms with E-state index in [1.807, 2.05) is 13.0 Å². The summed E-state index contributed by atoms with van der Waals surface area (Å²) in [4.78, 5) is 31.3. The van der Waals surface area contributed by atoms with Gasteiger partial charge in [-0.05, 0) is 18.6 Å². The maximum absolute atomic E-state index is 12.0. The Balaban J connectivity index is 2.20. The van der Waals surface area contributed by atoms with Crippen molar-refractivity contribution in [2.75, 3.05) is 0 Å². The predicted molar refractivity (Wildman–Crippen MR) is 73.3 cm³/mol. The number of para-hydroxylation sites is 2. The average Bonchev–Trinajstić information content (AvgIpc) is 2.46. The van der Waals surface area contributed by atoms with E-state index >= 15 is 0 Å². The van der Waals surface area contributed by atoms with Crippen molar-refractivity contribution in [2.45, 2.75) is 25.8 Å². The molecule has 0 fully saturated rings. The molecule has 0 saturated carbocycles. The maximum atomic E-state index is 12.0. The summed E-state index contributed by atoms with van der Waals surface area (Å²) in [5.74, 6) is -1.57. The van der Waals surface area contributed by atoms with Crippen molar-refractivity contribution in [3.63, 3.8) is 0 Å². The minimum Gasteiger partial charge on any atom is -0.480 e.